The minimum absolute atomic E-state index is 0.0698. The quantitative estimate of drug-likeness (QED) is 0.284. The van der Waals surface area contributed by atoms with Gasteiger partial charge in [0, 0.05) is 36.9 Å². The summed E-state index contributed by atoms with van der Waals surface area (Å²) in [5.74, 6) is 0.0292. The zero-order valence-corrected chi connectivity index (χ0v) is 21.9. The molecule has 2 aliphatic heterocycles. The molecule has 1 atom stereocenters. The van der Waals surface area contributed by atoms with Crippen LogP contribution < -0.4 is 19.1 Å². The molecule has 3 heterocycles. The molecule has 41 heavy (non-hydrogen) atoms. The van der Waals surface area contributed by atoms with Gasteiger partial charge in [0.15, 0.2) is 5.60 Å². The zero-order valence-electron chi connectivity index (χ0n) is 21.9. The van der Waals surface area contributed by atoms with Crippen LogP contribution in [0.15, 0.2) is 54.7 Å². The van der Waals surface area contributed by atoms with E-state index >= 15 is 0 Å². The van der Waals surface area contributed by atoms with Crippen molar-refractivity contribution < 1.29 is 41.8 Å². The topological polar surface area (TPSA) is 121 Å². The Labute approximate surface area is 231 Å². The standard InChI is InChI=1S/C26H26F3N5O7/c1-25(16-33-14-22(34(36)37)30-23(33)41-25)17-39-20-8-4-19(5-9-20)31-10-12-32(13-11-31)24(35)38-15-18-2-6-21(7-3-18)40-26(27,28)29/h2-9,14H,10-13,15-17H2,1H3. The van der Waals surface area contributed by atoms with Crippen LogP contribution in [0, 0.1) is 10.1 Å². The fourth-order valence-electron chi connectivity index (χ4n) is 4.52. The average molecular weight is 578 g/mol. The normalized spacial score (nSPS) is 18.4. The molecular formula is C26H26F3N5O7. The molecule has 1 amide bonds. The Balaban J connectivity index is 1.04. The number of aromatic nitrogens is 2. The number of imidazole rings is 1. The number of fused-ring (bicyclic) bond motifs is 1. The van der Waals surface area contributed by atoms with Gasteiger partial charge in [0.2, 0.25) is 0 Å². The van der Waals surface area contributed by atoms with Crippen molar-refractivity contribution in [2.24, 2.45) is 0 Å². The molecule has 0 saturated carbocycles. The molecule has 1 aromatic heterocycles. The zero-order chi connectivity index (χ0) is 29.2. The summed E-state index contributed by atoms with van der Waals surface area (Å²) in [5, 5.41) is 10.9. The summed E-state index contributed by atoms with van der Waals surface area (Å²) in [6, 6.07) is 12.8. The van der Waals surface area contributed by atoms with E-state index in [1.807, 2.05) is 31.2 Å². The molecule has 1 unspecified atom stereocenters. The Hall–Kier alpha value is -4.69. The summed E-state index contributed by atoms with van der Waals surface area (Å²) in [7, 11) is 0. The lowest BCUT2D eigenvalue weighted by atomic mass is 10.1. The summed E-state index contributed by atoms with van der Waals surface area (Å²) in [6.07, 6.45) is -3.92. The van der Waals surface area contributed by atoms with E-state index in [9.17, 15) is 28.1 Å². The molecular weight excluding hydrogens is 551 g/mol. The molecule has 0 aliphatic carbocycles. The number of piperazine rings is 1. The number of rotatable bonds is 8. The summed E-state index contributed by atoms with van der Waals surface area (Å²) >= 11 is 0. The van der Waals surface area contributed by atoms with Crippen LogP contribution in [0.3, 0.4) is 0 Å². The first-order valence-electron chi connectivity index (χ1n) is 12.6. The Kier molecular flexibility index (Phi) is 7.51. The summed E-state index contributed by atoms with van der Waals surface area (Å²) in [4.78, 5) is 30.4. The number of alkyl halides is 3. The number of amides is 1. The molecule has 2 aromatic carbocycles. The number of ether oxygens (including phenoxy) is 4. The maximum atomic E-state index is 12.5. The van der Waals surface area contributed by atoms with Gasteiger partial charge < -0.3 is 38.9 Å². The van der Waals surface area contributed by atoms with Crippen molar-refractivity contribution in [2.45, 2.75) is 32.0 Å². The van der Waals surface area contributed by atoms with Crippen LogP contribution in [0.1, 0.15) is 12.5 Å². The van der Waals surface area contributed by atoms with E-state index in [0.29, 0.717) is 44.0 Å². The van der Waals surface area contributed by atoms with Gasteiger partial charge in [0.05, 0.1) is 6.54 Å². The van der Waals surface area contributed by atoms with Crippen molar-refractivity contribution >= 4 is 17.6 Å². The van der Waals surface area contributed by atoms with Crippen molar-refractivity contribution in [2.75, 3.05) is 37.7 Å². The van der Waals surface area contributed by atoms with E-state index in [1.165, 1.54) is 30.5 Å². The van der Waals surface area contributed by atoms with Gasteiger partial charge in [0.25, 0.3) is 0 Å². The SMILES string of the molecule is CC1(COc2ccc(N3CCN(C(=O)OCc4ccc(OC(F)(F)F)cc4)CC3)cc2)Cn2cc([N+](=O)[O-])nc2O1. The van der Waals surface area contributed by atoms with Crippen LogP contribution in [0.2, 0.25) is 0 Å². The van der Waals surface area contributed by atoms with Crippen LogP contribution in [0.5, 0.6) is 17.5 Å². The maximum absolute atomic E-state index is 12.5. The lowest BCUT2D eigenvalue weighted by Gasteiger charge is -2.35. The number of carbonyl (C=O) groups excluding carboxylic acids is 1. The van der Waals surface area contributed by atoms with E-state index in [-0.39, 0.29) is 30.8 Å². The van der Waals surface area contributed by atoms with Gasteiger partial charge in [-0.1, -0.05) is 12.1 Å². The molecule has 218 valence electrons. The van der Waals surface area contributed by atoms with E-state index < -0.39 is 23.0 Å². The van der Waals surface area contributed by atoms with E-state index in [4.69, 9.17) is 14.2 Å². The Morgan fingerprint density at radius 3 is 2.34 bits per heavy atom. The van der Waals surface area contributed by atoms with Crippen LogP contribution in [0.25, 0.3) is 0 Å². The third-order valence-electron chi connectivity index (χ3n) is 6.56. The van der Waals surface area contributed by atoms with Crippen molar-refractivity contribution in [3.8, 4) is 17.5 Å². The lowest BCUT2D eigenvalue weighted by Crippen LogP contribution is -2.48. The minimum atomic E-state index is -4.77. The molecule has 0 spiro atoms. The predicted octanol–water partition coefficient (Wildman–Crippen LogP) is 4.38. The van der Waals surface area contributed by atoms with Gasteiger partial charge in [-0.3, -0.25) is 4.57 Å². The van der Waals surface area contributed by atoms with Crippen LogP contribution in [-0.2, 0) is 17.9 Å². The number of halogens is 3. The number of nitrogens with zero attached hydrogens (tertiary/aromatic N) is 5. The van der Waals surface area contributed by atoms with Gasteiger partial charge in [-0.15, -0.1) is 13.2 Å². The maximum Gasteiger partial charge on any atom is 0.573 e. The molecule has 1 fully saturated rings. The van der Waals surface area contributed by atoms with Crippen molar-refractivity contribution in [3.63, 3.8) is 0 Å². The van der Waals surface area contributed by atoms with E-state index in [1.54, 1.807) is 9.47 Å². The highest BCUT2D eigenvalue weighted by molar-refractivity contribution is 5.68. The monoisotopic (exact) mass is 577 g/mol. The number of benzene rings is 2. The van der Waals surface area contributed by atoms with Crippen LogP contribution >= 0.6 is 0 Å². The number of hydrogen-bond acceptors (Lipinski definition) is 9. The highest BCUT2D eigenvalue weighted by Gasteiger charge is 2.41. The number of carbonyl (C=O) groups is 1. The second-order valence-electron chi connectivity index (χ2n) is 9.82. The molecule has 2 aliphatic rings. The largest absolute Gasteiger partial charge is 0.573 e. The molecule has 1 saturated heterocycles. The number of nitro groups is 1. The first kappa shape index (κ1) is 27.9. The first-order valence-corrected chi connectivity index (χ1v) is 12.6. The van der Waals surface area contributed by atoms with Gasteiger partial charge in [-0.25, -0.2) is 4.79 Å². The highest BCUT2D eigenvalue weighted by Crippen LogP contribution is 2.32. The summed E-state index contributed by atoms with van der Waals surface area (Å²) in [6.45, 7) is 4.42. The Bertz CT molecular complexity index is 1360. The fraction of sp³-hybridized carbons (Fsp3) is 0.385. The molecule has 5 rings (SSSR count). The minimum Gasteiger partial charge on any atom is -0.489 e. The van der Waals surface area contributed by atoms with Crippen molar-refractivity contribution in [3.05, 3.63) is 70.4 Å². The Morgan fingerprint density at radius 2 is 1.73 bits per heavy atom. The highest BCUT2D eigenvalue weighted by atomic mass is 19.4. The molecule has 15 heteroatoms. The van der Waals surface area contributed by atoms with E-state index in [0.717, 1.165) is 5.69 Å². The molecule has 12 nitrogen and oxygen atoms in total. The molecule has 3 aromatic rings. The van der Waals surface area contributed by atoms with Crippen LogP contribution in [-0.4, -0.2) is 70.2 Å². The molecule has 0 N–H and O–H groups in total. The molecule has 0 bridgehead atoms. The van der Waals surface area contributed by atoms with Gasteiger partial charge in [0.1, 0.15) is 30.9 Å². The average Bonchev–Trinajstić information content (AvgIpc) is 3.47. The predicted molar refractivity (Wildman–Crippen MR) is 137 cm³/mol. The lowest BCUT2D eigenvalue weighted by molar-refractivity contribution is -0.389. The van der Waals surface area contributed by atoms with E-state index in [2.05, 4.69) is 14.6 Å². The number of hydrogen-bond donors (Lipinski definition) is 0. The smallest absolute Gasteiger partial charge is 0.489 e. The van der Waals surface area contributed by atoms with Crippen molar-refractivity contribution in [1.82, 2.24) is 14.5 Å². The third-order valence-corrected chi connectivity index (χ3v) is 6.56. The fourth-order valence-corrected chi connectivity index (χ4v) is 4.52. The summed E-state index contributed by atoms with van der Waals surface area (Å²) in [5.41, 5.74) is 0.783. The van der Waals surface area contributed by atoms with Gasteiger partial charge in [-0.05, 0) is 53.8 Å². The number of anilines is 1. The third kappa shape index (κ3) is 6.91. The Morgan fingerprint density at radius 1 is 1.07 bits per heavy atom. The second kappa shape index (κ2) is 11.1. The van der Waals surface area contributed by atoms with Gasteiger partial charge in [-0.2, -0.15) is 0 Å². The second-order valence-corrected chi connectivity index (χ2v) is 9.82. The first-order chi connectivity index (χ1) is 19.5. The molecule has 0 radical (unpaired) electrons. The summed E-state index contributed by atoms with van der Waals surface area (Å²) < 4.78 is 59.3. The van der Waals surface area contributed by atoms with Crippen molar-refractivity contribution in [1.29, 1.82) is 0 Å². The van der Waals surface area contributed by atoms with Crippen LogP contribution in [0.4, 0.5) is 29.5 Å². The van der Waals surface area contributed by atoms with Gasteiger partial charge >= 0.3 is 24.3 Å².